The number of aliphatic carboxylic acids is 1. The third kappa shape index (κ3) is 3.65. The Balaban J connectivity index is 2.12. The van der Waals surface area contributed by atoms with E-state index in [9.17, 15) is 24.0 Å². The number of benzene rings is 1. The van der Waals surface area contributed by atoms with Crippen LogP contribution in [-0.4, -0.2) is 51.7 Å². The summed E-state index contributed by atoms with van der Waals surface area (Å²) in [5, 5.41) is 11.3. The number of fused-ring (bicyclic) bond motifs is 1. The van der Waals surface area contributed by atoms with E-state index in [0.29, 0.717) is 0 Å². The number of carboxylic acid groups (broad SMARTS) is 1. The average Bonchev–Trinajstić information content (AvgIpc) is 2.81. The molecular formula is C16H17N3O6. The summed E-state index contributed by atoms with van der Waals surface area (Å²) >= 11 is 0. The Morgan fingerprint density at radius 1 is 1.16 bits per heavy atom. The molecule has 2 atom stereocenters. The topological polar surface area (TPSA) is 147 Å². The van der Waals surface area contributed by atoms with Crippen molar-refractivity contribution in [2.24, 2.45) is 5.73 Å². The highest BCUT2D eigenvalue weighted by Crippen LogP contribution is 2.24. The molecule has 2 rings (SSSR count). The van der Waals surface area contributed by atoms with Crippen molar-refractivity contribution in [2.45, 2.75) is 31.8 Å². The molecule has 4 N–H and O–H groups in total. The van der Waals surface area contributed by atoms with Crippen molar-refractivity contribution >= 4 is 29.6 Å². The highest BCUT2D eigenvalue weighted by atomic mass is 16.4. The lowest BCUT2D eigenvalue weighted by Crippen LogP contribution is -2.52. The summed E-state index contributed by atoms with van der Waals surface area (Å²) in [6.45, 7) is 1.32. The average molecular weight is 347 g/mol. The fraction of sp³-hybridized carbons (Fsp3) is 0.312. The largest absolute Gasteiger partial charge is 0.480 e. The van der Waals surface area contributed by atoms with E-state index >= 15 is 0 Å². The van der Waals surface area contributed by atoms with Crippen molar-refractivity contribution in [3.8, 4) is 0 Å². The third-order valence-electron chi connectivity index (χ3n) is 3.89. The first-order valence-electron chi connectivity index (χ1n) is 7.52. The lowest BCUT2D eigenvalue weighted by molar-refractivity contribution is -0.142. The van der Waals surface area contributed by atoms with Crippen molar-refractivity contribution in [1.82, 2.24) is 10.2 Å². The molecule has 1 aromatic rings. The van der Waals surface area contributed by atoms with Crippen LogP contribution >= 0.6 is 0 Å². The number of hydrogen-bond donors (Lipinski definition) is 3. The smallest absolute Gasteiger partial charge is 0.326 e. The number of carbonyl (C=O) groups excluding carboxylic acids is 4. The van der Waals surface area contributed by atoms with Gasteiger partial charge in [-0.05, 0) is 25.5 Å². The second-order valence-corrected chi connectivity index (χ2v) is 5.61. The summed E-state index contributed by atoms with van der Waals surface area (Å²) in [4.78, 5) is 59.7. The van der Waals surface area contributed by atoms with Gasteiger partial charge in [-0.3, -0.25) is 24.1 Å². The number of carbonyl (C=O) groups is 5. The van der Waals surface area contributed by atoms with Gasteiger partial charge in [-0.2, -0.15) is 0 Å². The molecule has 25 heavy (non-hydrogen) atoms. The van der Waals surface area contributed by atoms with E-state index in [1.807, 2.05) is 0 Å². The zero-order valence-corrected chi connectivity index (χ0v) is 13.4. The number of nitrogens with one attached hydrogen (secondary N) is 1. The minimum Gasteiger partial charge on any atom is -0.480 e. The van der Waals surface area contributed by atoms with Gasteiger partial charge in [0.1, 0.15) is 12.1 Å². The summed E-state index contributed by atoms with van der Waals surface area (Å²) in [5.41, 5.74) is 5.35. The molecule has 0 bridgehead atoms. The number of nitrogens with zero attached hydrogens (tertiary/aromatic N) is 1. The lowest BCUT2D eigenvalue weighted by Gasteiger charge is -2.23. The molecule has 0 unspecified atom stereocenters. The van der Waals surface area contributed by atoms with E-state index in [2.05, 4.69) is 5.32 Å². The molecule has 132 valence electrons. The number of rotatable bonds is 7. The zero-order valence-electron chi connectivity index (χ0n) is 13.4. The molecule has 0 aliphatic carbocycles. The maximum atomic E-state index is 12.3. The van der Waals surface area contributed by atoms with Crippen molar-refractivity contribution in [1.29, 1.82) is 0 Å². The van der Waals surface area contributed by atoms with Crippen LogP contribution in [0.15, 0.2) is 24.3 Å². The van der Waals surface area contributed by atoms with Gasteiger partial charge < -0.3 is 16.2 Å². The van der Waals surface area contributed by atoms with Crippen LogP contribution < -0.4 is 11.1 Å². The molecule has 0 radical (unpaired) electrons. The van der Waals surface area contributed by atoms with Crippen molar-refractivity contribution in [3.63, 3.8) is 0 Å². The number of amides is 4. The quantitative estimate of drug-likeness (QED) is 0.567. The van der Waals surface area contributed by atoms with E-state index in [0.717, 1.165) is 4.90 Å². The second kappa shape index (κ2) is 7.12. The van der Waals surface area contributed by atoms with E-state index in [1.54, 1.807) is 12.1 Å². The molecule has 4 amide bonds. The molecule has 9 nitrogen and oxygen atoms in total. The second-order valence-electron chi connectivity index (χ2n) is 5.61. The first kappa shape index (κ1) is 18.1. The van der Waals surface area contributed by atoms with Crippen molar-refractivity contribution in [3.05, 3.63) is 35.4 Å². The summed E-state index contributed by atoms with van der Waals surface area (Å²) in [7, 11) is 0. The SMILES string of the molecule is C[C@@H](C(=O)N[C@@H](CCC(N)=O)C(=O)O)N1C(=O)c2ccccc2C1=O. The van der Waals surface area contributed by atoms with Crippen LogP contribution in [0.3, 0.4) is 0 Å². The van der Waals surface area contributed by atoms with Crippen LogP contribution in [0.1, 0.15) is 40.5 Å². The monoisotopic (exact) mass is 347 g/mol. The number of nitrogens with two attached hydrogens (primary N) is 1. The van der Waals surface area contributed by atoms with Gasteiger partial charge >= 0.3 is 5.97 Å². The summed E-state index contributed by atoms with van der Waals surface area (Å²) in [5.74, 6) is -4.09. The van der Waals surface area contributed by atoms with E-state index in [1.165, 1.54) is 19.1 Å². The minimum atomic E-state index is -1.35. The fourth-order valence-electron chi connectivity index (χ4n) is 2.51. The van der Waals surface area contributed by atoms with Gasteiger partial charge in [-0.1, -0.05) is 12.1 Å². The summed E-state index contributed by atoms with van der Waals surface area (Å²) in [6.07, 6.45) is -0.413. The standard InChI is InChI=1S/C16H17N3O6/c1-8(13(21)18-11(16(24)25)6-7-12(17)20)19-14(22)9-4-2-3-5-10(9)15(19)23/h2-5,8,11H,6-7H2,1H3,(H2,17,20)(H,18,21)(H,24,25)/t8-,11-/m0/s1. The highest BCUT2D eigenvalue weighted by Gasteiger charge is 2.41. The molecule has 0 fully saturated rings. The van der Waals surface area contributed by atoms with Crippen LogP contribution in [-0.2, 0) is 14.4 Å². The summed E-state index contributed by atoms with van der Waals surface area (Å²) in [6, 6.07) is 3.60. The van der Waals surface area contributed by atoms with E-state index in [4.69, 9.17) is 10.8 Å². The number of imide groups is 1. The number of carboxylic acids is 1. The van der Waals surface area contributed by atoms with Crippen molar-refractivity contribution in [2.75, 3.05) is 0 Å². The van der Waals surface area contributed by atoms with Gasteiger partial charge in [-0.25, -0.2) is 4.79 Å². The molecule has 0 saturated heterocycles. The predicted molar refractivity (Wildman–Crippen MR) is 84.4 cm³/mol. The Morgan fingerprint density at radius 3 is 2.12 bits per heavy atom. The van der Waals surface area contributed by atoms with Gasteiger partial charge in [0.2, 0.25) is 11.8 Å². The molecular weight excluding hydrogens is 330 g/mol. The molecule has 0 saturated carbocycles. The predicted octanol–water partition coefficient (Wildman–Crippen LogP) is -0.494. The van der Waals surface area contributed by atoms with Crippen LogP contribution in [0.4, 0.5) is 0 Å². The normalized spacial score (nSPS) is 15.5. The molecule has 1 aliphatic heterocycles. The van der Waals surface area contributed by atoms with Gasteiger partial charge in [0.15, 0.2) is 0 Å². The van der Waals surface area contributed by atoms with Gasteiger partial charge in [0.25, 0.3) is 11.8 Å². The molecule has 9 heteroatoms. The molecule has 1 heterocycles. The fourth-order valence-corrected chi connectivity index (χ4v) is 2.51. The number of primary amides is 1. The maximum absolute atomic E-state index is 12.3. The Bertz CT molecular complexity index is 725. The van der Waals surface area contributed by atoms with Gasteiger partial charge in [0.05, 0.1) is 11.1 Å². The lowest BCUT2D eigenvalue weighted by atomic mass is 10.1. The Hall–Kier alpha value is -3.23. The van der Waals surface area contributed by atoms with Crippen LogP contribution in [0.2, 0.25) is 0 Å². The van der Waals surface area contributed by atoms with Crippen LogP contribution in [0, 0.1) is 0 Å². The first-order chi connectivity index (χ1) is 11.7. The van der Waals surface area contributed by atoms with Gasteiger partial charge in [-0.15, -0.1) is 0 Å². The highest BCUT2D eigenvalue weighted by molar-refractivity contribution is 6.22. The van der Waals surface area contributed by atoms with Crippen LogP contribution in [0.5, 0.6) is 0 Å². The number of hydrogen-bond acceptors (Lipinski definition) is 5. The Kier molecular flexibility index (Phi) is 5.16. The van der Waals surface area contributed by atoms with E-state index < -0.39 is 41.7 Å². The molecule has 0 spiro atoms. The Morgan fingerprint density at radius 2 is 1.68 bits per heavy atom. The van der Waals surface area contributed by atoms with Crippen LogP contribution in [0.25, 0.3) is 0 Å². The molecule has 1 aliphatic rings. The third-order valence-corrected chi connectivity index (χ3v) is 3.89. The minimum absolute atomic E-state index is 0.189. The van der Waals surface area contributed by atoms with Gasteiger partial charge in [0, 0.05) is 6.42 Å². The zero-order chi connectivity index (χ0) is 18.7. The Labute approximate surface area is 142 Å². The summed E-state index contributed by atoms with van der Waals surface area (Å²) < 4.78 is 0. The van der Waals surface area contributed by atoms with Crippen molar-refractivity contribution < 1.29 is 29.1 Å². The maximum Gasteiger partial charge on any atom is 0.326 e. The van der Waals surface area contributed by atoms with E-state index in [-0.39, 0.29) is 24.0 Å². The molecule has 0 aromatic heterocycles. The first-order valence-corrected chi connectivity index (χ1v) is 7.52. The molecule has 1 aromatic carbocycles.